The molecule has 2 heterocycles. The van der Waals surface area contributed by atoms with Crippen LogP contribution in [0.1, 0.15) is 44.5 Å². The summed E-state index contributed by atoms with van der Waals surface area (Å²) < 4.78 is 17.4. The van der Waals surface area contributed by atoms with Crippen molar-refractivity contribution in [3.05, 3.63) is 41.5 Å². The van der Waals surface area contributed by atoms with Crippen LogP contribution in [0.25, 0.3) is 0 Å². The number of carbonyl (C=O) groups excluding carboxylic acids is 1. The van der Waals surface area contributed by atoms with Gasteiger partial charge >= 0.3 is 0 Å². The molecule has 1 aromatic carbocycles. The monoisotopic (exact) mass is 376 g/mol. The first-order chi connectivity index (χ1) is 12.5. The van der Waals surface area contributed by atoms with Gasteiger partial charge in [0.25, 0.3) is 0 Å². The van der Waals surface area contributed by atoms with Crippen LogP contribution in [0.2, 0.25) is 0 Å². The number of piperidine rings is 1. The smallest absolute Gasteiger partial charge is 0.223 e. The number of aromatic nitrogens is 2. The zero-order valence-electron chi connectivity index (χ0n) is 15.2. The topological polar surface area (TPSA) is 58.1 Å². The molecule has 26 heavy (non-hydrogen) atoms. The van der Waals surface area contributed by atoms with Gasteiger partial charge in [-0.05, 0) is 43.9 Å². The molecular formula is C19H25FN4OS. The number of hydrogen-bond donors (Lipinski definition) is 1. The summed E-state index contributed by atoms with van der Waals surface area (Å²) in [6.07, 6.45) is 3.24. The summed E-state index contributed by atoms with van der Waals surface area (Å²) in [4.78, 5) is 19.1. The van der Waals surface area contributed by atoms with E-state index in [4.69, 9.17) is 0 Å². The fourth-order valence-corrected chi connectivity index (χ4v) is 3.76. The molecule has 3 rings (SSSR count). The maximum absolute atomic E-state index is 13.0. The Hall–Kier alpha value is -2.02. The summed E-state index contributed by atoms with van der Waals surface area (Å²) in [5.41, 5.74) is 0.996. The lowest BCUT2D eigenvalue weighted by molar-refractivity contribution is -0.126. The number of benzene rings is 1. The fraction of sp³-hybridized carbons (Fsp3) is 0.526. The van der Waals surface area contributed by atoms with Gasteiger partial charge in [0.2, 0.25) is 11.0 Å². The predicted octanol–water partition coefficient (Wildman–Crippen LogP) is 3.40. The minimum atomic E-state index is -0.235. The van der Waals surface area contributed by atoms with Crippen molar-refractivity contribution in [1.29, 1.82) is 0 Å². The van der Waals surface area contributed by atoms with Crippen molar-refractivity contribution in [3.8, 4) is 0 Å². The van der Waals surface area contributed by atoms with E-state index in [2.05, 4.69) is 26.5 Å². The third-order valence-corrected chi connectivity index (χ3v) is 5.68. The van der Waals surface area contributed by atoms with E-state index in [1.54, 1.807) is 12.1 Å². The Labute approximate surface area is 157 Å². The number of hydrogen-bond acceptors (Lipinski definition) is 5. The maximum Gasteiger partial charge on any atom is 0.223 e. The zero-order valence-corrected chi connectivity index (χ0v) is 16.1. The van der Waals surface area contributed by atoms with Crippen LogP contribution in [-0.4, -0.2) is 34.4 Å². The molecule has 1 N–H and O–H groups in total. The molecule has 7 heteroatoms. The summed E-state index contributed by atoms with van der Waals surface area (Å²) >= 11 is 1.39. The van der Waals surface area contributed by atoms with Gasteiger partial charge in [-0.25, -0.2) is 9.37 Å². The molecule has 140 valence electrons. The Bertz CT molecular complexity index is 725. The van der Waals surface area contributed by atoms with Gasteiger partial charge in [0, 0.05) is 43.0 Å². The number of amides is 1. The van der Waals surface area contributed by atoms with Crippen molar-refractivity contribution in [3.63, 3.8) is 0 Å². The quantitative estimate of drug-likeness (QED) is 0.839. The number of anilines is 1. The van der Waals surface area contributed by atoms with Crippen molar-refractivity contribution in [2.45, 2.75) is 45.6 Å². The van der Waals surface area contributed by atoms with E-state index in [1.807, 2.05) is 6.92 Å². The molecule has 1 aliphatic heterocycles. The third kappa shape index (κ3) is 4.78. The van der Waals surface area contributed by atoms with E-state index in [-0.39, 0.29) is 23.7 Å². The lowest BCUT2D eigenvalue weighted by Crippen LogP contribution is -2.43. The molecule has 1 amide bonds. The third-order valence-electron chi connectivity index (χ3n) is 4.87. The molecule has 2 aromatic rings. The highest BCUT2D eigenvalue weighted by atomic mass is 32.1. The molecule has 0 aliphatic carbocycles. The summed E-state index contributed by atoms with van der Waals surface area (Å²) in [5, 5.41) is 3.99. The van der Waals surface area contributed by atoms with Crippen LogP contribution in [0, 0.1) is 11.7 Å². The second-order valence-corrected chi connectivity index (χ2v) is 7.61. The molecule has 0 bridgehead atoms. The summed E-state index contributed by atoms with van der Waals surface area (Å²) in [5.74, 6) is 0.786. The second-order valence-electron chi connectivity index (χ2n) is 6.88. The number of nitrogens with one attached hydrogen (secondary N) is 1. The van der Waals surface area contributed by atoms with Gasteiger partial charge in [0.05, 0.1) is 0 Å². The second kappa shape index (κ2) is 8.58. The molecule has 0 spiro atoms. The van der Waals surface area contributed by atoms with Crippen LogP contribution in [0.15, 0.2) is 24.3 Å². The van der Waals surface area contributed by atoms with Crippen LogP contribution < -0.4 is 10.2 Å². The lowest BCUT2D eigenvalue weighted by atomic mass is 9.96. The van der Waals surface area contributed by atoms with Crippen LogP contribution in [0.5, 0.6) is 0 Å². The Balaban J connectivity index is 1.53. The van der Waals surface area contributed by atoms with Crippen molar-refractivity contribution in [2.75, 3.05) is 18.0 Å². The Morgan fingerprint density at radius 1 is 1.35 bits per heavy atom. The average Bonchev–Trinajstić information content (AvgIpc) is 3.12. The predicted molar refractivity (Wildman–Crippen MR) is 102 cm³/mol. The van der Waals surface area contributed by atoms with Crippen molar-refractivity contribution >= 4 is 22.6 Å². The minimum absolute atomic E-state index is 0.0897. The van der Waals surface area contributed by atoms with Gasteiger partial charge in [-0.2, -0.15) is 4.37 Å². The first-order valence-electron chi connectivity index (χ1n) is 9.17. The van der Waals surface area contributed by atoms with Gasteiger partial charge in [-0.15, -0.1) is 0 Å². The highest BCUT2D eigenvalue weighted by Gasteiger charge is 2.27. The van der Waals surface area contributed by atoms with Crippen molar-refractivity contribution in [1.82, 2.24) is 14.7 Å². The normalized spacial score (nSPS) is 16.5. The van der Waals surface area contributed by atoms with Crippen molar-refractivity contribution in [2.24, 2.45) is 5.92 Å². The Morgan fingerprint density at radius 3 is 2.69 bits per heavy atom. The summed E-state index contributed by atoms with van der Waals surface area (Å²) in [6.45, 7) is 5.76. The van der Waals surface area contributed by atoms with Crippen LogP contribution in [0.3, 0.4) is 0 Å². The van der Waals surface area contributed by atoms with E-state index < -0.39 is 0 Å². The van der Waals surface area contributed by atoms with Crippen LogP contribution >= 0.6 is 11.5 Å². The van der Waals surface area contributed by atoms with Gasteiger partial charge in [0.15, 0.2) is 0 Å². The van der Waals surface area contributed by atoms with Gasteiger partial charge in [0.1, 0.15) is 11.6 Å². The maximum atomic E-state index is 13.0. The van der Waals surface area contributed by atoms with Gasteiger partial charge in [-0.1, -0.05) is 19.1 Å². The number of rotatable bonds is 6. The lowest BCUT2D eigenvalue weighted by Gasteiger charge is -2.31. The molecule has 5 nitrogen and oxygen atoms in total. The fourth-order valence-electron chi connectivity index (χ4n) is 3.03. The van der Waals surface area contributed by atoms with E-state index in [1.165, 1.54) is 23.7 Å². The largest absolute Gasteiger partial charge is 0.353 e. The first-order valence-corrected chi connectivity index (χ1v) is 9.95. The van der Waals surface area contributed by atoms with Crippen LogP contribution in [-0.2, 0) is 11.2 Å². The molecule has 0 saturated carbocycles. The Kier molecular flexibility index (Phi) is 6.19. The molecule has 0 radical (unpaired) electrons. The van der Waals surface area contributed by atoms with E-state index in [9.17, 15) is 9.18 Å². The molecule has 1 aliphatic rings. The minimum Gasteiger partial charge on any atom is -0.353 e. The molecule has 1 saturated heterocycles. The molecule has 1 fully saturated rings. The van der Waals surface area contributed by atoms with E-state index in [0.29, 0.717) is 6.42 Å². The molecular weight excluding hydrogens is 351 g/mol. The Morgan fingerprint density at radius 2 is 2.04 bits per heavy atom. The highest BCUT2D eigenvalue weighted by molar-refractivity contribution is 7.09. The highest BCUT2D eigenvalue weighted by Crippen LogP contribution is 2.25. The number of nitrogens with zero attached hydrogens (tertiary/aromatic N) is 3. The van der Waals surface area contributed by atoms with E-state index in [0.717, 1.165) is 48.9 Å². The standard InChI is InChI=1S/C19H25FN4OS/c1-3-13(2)21-18(25)15-8-10-24(11-9-15)19-22-17(23-26-19)12-14-4-6-16(20)7-5-14/h4-7,13,15H,3,8-12H2,1-2H3,(H,21,25)/t13-/m0/s1. The van der Waals surface area contributed by atoms with Crippen LogP contribution in [0.4, 0.5) is 9.52 Å². The van der Waals surface area contributed by atoms with Gasteiger partial charge < -0.3 is 10.2 Å². The molecule has 1 atom stereocenters. The average molecular weight is 377 g/mol. The molecule has 0 unspecified atom stereocenters. The number of halogens is 1. The van der Waals surface area contributed by atoms with Gasteiger partial charge in [-0.3, -0.25) is 4.79 Å². The molecule has 1 aromatic heterocycles. The summed E-state index contributed by atoms with van der Waals surface area (Å²) in [7, 11) is 0. The number of carbonyl (C=O) groups is 1. The van der Waals surface area contributed by atoms with E-state index >= 15 is 0 Å². The summed E-state index contributed by atoms with van der Waals surface area (Å²) in [6, 6.07) is 6.67. The zero-order chi connectivity index (χ0) is 18.5. The van der Waals surface area contributed by atoms with Crippen molar-refractivity contribution < 1.29 is 9.18 Å². The first kappa shape index (κ1) is 18.8. The SMILES string of the molecule is CC[C@H](C)NC(=O)C1CCN(c2nc(Cc3ccc(F)cc3)ns2)CC1.